The number of hydrogen-bond acceptors (Lipinski definition) is 2. The maximum atomic E-state index is 6.23. The zero-order valence-electron chi connectivity index (χ0n) is 12.3. The topological polar surface area (TPSA) is 25.2 Å². The molecule has 0 bridgehead atoms. The number of hydrogen-bond donors (Lipinski definition) is 1. The molecule has 0 radical (unpaired) electrons. The van der Waals surface area contributed by atoms with Crippen molar-refractivity contribution in [3.63, 3.8) is 0 Å². The third-order valence-corrected chi connectivity index (χ3v) is 4.28. The molecule has 0 spiro atoms. The van der Waals surface area contributed by atoms with Gasteiger partial charge in [-0.2, -0.15) is 0 Å². The first-order valence-electron chi connectivity index (χ1n) is 7.32. The van der Waals surface area contributed by atoms with Crippen LogP contribution < -0.4 is 5.32 Å². The molecule has 3 rings (SSSR count). The van der Waals surface area contributed by atoms with Crippen LogP contribution in [0.4, 0.5) is 0 Å². The molecule has 0 amide bonds. The summed E-state index contributed by atoms with van der Waals surface area (Å²) >= 11 is 0. The van der Waals surface area contributed by atoms with Crippen molar-refractivity contribution in [3.8, 4) is 0 Å². The molecule has 1 aliphatic rings. The first-order chi connectivity index (χ1) is 9.11. The fourth-order valence-corrected chi connectivity index (χ4v) is 2.95. The highest BCUT2D eigenvalue weighted by molar-refractivity contribution is 5.85. The van der Waals surface area contributed by atoms with Crippen molar-refractivity contribution in [1.82, 2.24) is 5.32 Å². The Morgan fingerprint density at radius 2 is 2.00 bits per heavy atom. The molecule has 1 saturated carbocycles. The number of furan rings is 1. The van der Waals surface area contributed by atoms with Crippen LogP contribution in [0.2, 0.25) is 0 Å². The second-order valence-corrected chi connectivity index (χ2v) is 6.12. The van der Waals surface area contributed by atoms with Crippen LogP contribution in [0.5, 0.6) is 0 Å². The van der Waals surface area contributed by atoms with Gasteiger partial charge in [-0.25, -0.2) is 0 Å². The van der Waals surface area contributed by atoms with Crippen LogP contribution in [0.25, 0.3) is 11.0 Å². The summed E-state index contributed by atoms with van der Waals surface area (Å²) in [6.45, 7) is 6.61. The summed E-state index contributed by atoms with van der Waals surface area (Å²) in [7, 11) is 2.03. The summed E-state index contributed by atoms with van der Waals surface area (Å²) in [6.07, 6.45) is 2.64. The molecule has 1 N–H and O–H groups in total. The van der Waals surface area contributed by atoms with Crippen LogP contribution in [-0.4, -0.2) is 7.05 Å². The number of benzene rings is 1. The molecule has 1 aromatic carbocycles. The Morgan fingerprint density at radius 1 is 1.26 bits per heavy atom. The van der Waals surface area contributed by atoms with Gasteiger partial charge in [-0.3, -0.25) is 0 Å². The Labute approximate surface area is 115 Å². The average Bonchev–Trinajstić information content (AvgIpc) is 3.09. The quantitative estimate of drug-likeness (QED) is 0.870. The van der Waals surface area contributed by atoms with Crippen LogP contribution in [0.1, 0.15) is 55.5 Å². The minimum Gasteiger partial charge on any atom is -0.459 e. The summed E-state index contributed by atoms with van der Waals surface area (Å²) in [6, 6.07) is 7.05. The molecule has 19 heavy (non-hydrogen) atoms. The Balaban J connectivity index is 2.13. The van der Waals surface area contributed by atoms with Crippen LogP contribution in [-0.2, 0) is 0 Å². The van der Waals surface area contributed by atoms with E-state index in [-0.39, 0.29) is 0 Å². The Kier molecular flexibility index (Phi) is 3.14. The van der Waals surface area contributed by atoms with E-state index in [1.807, 2.05) is 7.05 Å². The van der Waals surface area contributed by atoms with E-state index in [1.54, 1.807) is 0 Å². The average molecular weight is 257 g/mol. The highest BCUT2D eigenvalue weighted by Gasteiger charge is 2.33. The van der Waals surface area contributed by atoms with Crippen LogP contribution in [0.15, 0.2) is 22.6 Å². The molecule has 1 unspecified atom stereocenters. The van der Waals surface area contributed by atoms with Gasteiger partial charge in [-0.05, 0) is 55.8 Å². The van der Waals surface area contributed by atoms with Crippen molar-refractivity contribution >= 4 is 11.0 Å². The predicted molar refractivity (Wildman–Crippen MR) is 79.6 cm³/mol. The van der Waals surface area contributed by atoms with Crippen molar-refractivity contribution in [1.29, 1.82) is 0 Å². The predicted octanol–water partition coefficient (Wildman–Crippen LogP) is 4.54. The van der Waals surface area contributed by atoms with E-state index in [0.29, 0.717) is 12.0 Å². The van der Waals surface area contributed by atoms with Crippen LogP contribution in [0.3, 0.4) is 0 Å². The van der Waals surface area contributed by atoms with Crippen molar-refractivity contribution in [3.05, 3.63) is 35.1 Å². The number of rotatable bonds is 4. The number of aryl methyl sites for hydroxylation is 1. The van der Waals surface area contributed by atoms with Gasteiger partial charge in [0.2, 0.25) is 0 Å². The third-order valence-electron chi connectivity index (χ3n) is 4.28. The monoisotopic (exact) mass is 257 g/mol. The lowest BCUT2D eigenvalue weighted by Crippen LogP contribution is -2.17. The largest absolute Gasteiger partial charge is 0.459 e. The second-order valence-electron chi connectivity index (χ2n) is 6.12. The van der Waals surface area contributed by atoms with Gasteiger partial charge in [0.1, 0.15) is 11.3 Å². The normalized spacial score (nSPS) is 17.3. The molecule has 1 aliphatic carbocycles. The summed E-state index contributed by atoms with van der Waals surface area (Å²) < 4.78 is 6.23. The SMILES string of the molecule is CNC(c1cc2c(C)ccc(C(C)C)c2o1)C1CC1. The maximum absolute atomic E-state index is 6.23. The van der Waals surface area contributed by atoms with E-state index in [9.17, 15) is 0 Å². The van der Waals surface area contributed by atoms with E-state index in [2.05, 4.69) is 44.3 Å². The number of nitrogens with one attached hydrogen (secondary N) is 1. The Hall–Kier alpha value is -1.28. The van der Waals surface area contributed by atoms with Crippen LogP contribution in [0, 0.1) is 12.8 Å². The Morgan fingerprint density at radius 3 is 2.58 bits per heavy atom. The molecule has 0 saturated heterocycles. The van der Waals surface area contributed by atoms with Gasteiger partial charge < -0.3 is 9.73 Å². The van der Waals surface area contributed by atoms with Crippen molar-refractivity contribution in [2.75, 3.05) is 7.05 Å². The van der Waals surface area contributed by atoms with Gasteiger partial charge in [0.25, 0.3) is 0 Å². The maximum Gasteiger partial charge on any atom is 0.138 e. The van der Waals surface area contributed by atoms with Gasteiger partial charge in [0.05, 0.1) is 6.04 Å². The molecule has 1 heterocycles. The minimum atomic E-state index is 0.381. The molecule has 102 valence electrons. The fourth-order valence-electron chi connectivity index (χ4n) is 2.95. The zero-order chi connectivity index (χ0) is 13.6. The molecule has 1 fully saturated rings. The third kappa shape index (κ3) is 2.18. The lowest BCUT2D eigenvalue weighted by Gasteiger charge is -2.11. The van der Waals surface area contributed by atoms with Crippen molar-refractivity contribution in [2.45, 2.75) is 45.6 Å². The molecule has 2 nitrogen and oxygen atoms in total. The van der Waals surface area contributed by atoms with Gasteiger partial charge in [-0.15, -0.1) is 0 Å². The number of fused-ring (bicyclic) bond motifs is 1. The van der Waals surface area contributed by atoms with E-state index in [1.165, 1.54) is 29.4 Å². The second kappa shape index (κ2) is 4.68. The van der Waals surface area contributed by atoms with E-state index < -0.39 is 0 Å². The van der Waals surface area contributed by atoms with Crippen LogP contribution >= 0.6 is 0 Å². The summed E-state index contributed by atoms with van der Waals surface area (Å²) in [5.74, 6) is 2.36. The molecule has 1 atom stereocenters. The smallest absolute Gasteiger partial charge is 0.138 e. The zero-order valence-corrected chi connectivity index (χ0v) is 12.3. The molecule has 2 heteroatoms. The minimum absolute atomic E-state index is 0.381. The lowest BCUT2D eigenvalue weighted by molar-refractivity contribution is 0.418. The van der Waals surface area contributed by atoms with Crippen molar-refractivity contribution < 1.29 is 4.42 Å². The van der Waals surface area contributed by atoms with Gasteiger partial charge in [0.15, 0.2) is 0 Å². The van der Waals surface area contributed by atoms with Gasteiger partial charge in [-0.1, -0.05) is 26.0 Å². The highest BCUT2D eigenvalue weighted by Crippen LogP contribution is 2.43. The Bertz CT molecular complexity index is 593. The first kappa shape index (κ1) is 12.7. The van der Waals surface area contributed by atoms with E-state index >= 15 is 0 Å². The van der Waals surface area contributed by atoms with Crippen molar-refractivity contribution in [2.24, 2.45) is 5.92 Å². The first-order valence-corrected chi connectivity index (χ1v) is 7.32. The summed E-state index contributed by atoms with van der Waals surface area (Å²) in [5, 5.41) is 4.70. The summed E-state index contributed by atoms with van der Waals surface area (Å²) in [5.41, 5.74) is 3.71. The van der Waals surface area contributed by atoms with E-state index in [0.717, 1.165) is 17.3 Å². The highest BCUT2D eigenvalue weighted by atomic mass is 16.3. The summed E-state index contributed by atoms with van der Waals surface area (Å²) in [4.78, 5) is 0. The van der Waals surface area contributed by atoms with E-state index in [4.69, 9.17) is 4.42 Å². The lowest BCUT2D eigenvalue weighted by atomic mass is 9.98. The fraction of sp³-hybridized carbons (Fsp3) is 0.529. The molecule has 2 aromatic rings. The molecule has 1 aromatic heterocycles. The molecule has 0 aliphatic heterocycles. The van der Waals surface area contributed by atoms with Gasteiger partial charge >= 0.3 is 0 Å². The van der Waals surface area contributed by atoms with Gasteiger partial charge in [0, 0.05) is 5.39 Å². The standard InChI is InChI=1S/C17H23NO/c1-10(2)13-8-5-11(3)14-9-15(19-17(13)14)16(18-4)12-6-7-12/h5,8-10,12,16,18H,6-7H2,1-4H3. The molecular weight excluding hydrogens is 234 g/mol. The molecular formula is C17H23NO.